The van der Waals surface area contributed by atoms with Crippen LogP contribution in [0.5, 0.6) is 0 Å². The van der Waals surface area contributed by atoms with Crippen LogP contribution in [-0.4, -0.2) is 26.4 Å². The normalized spacial score (nSPS) is 11.9. The van der Waals surface area contributed by atoms with Gasteiger partial charge in [0, 0.05) is 12.1 Å². The Balaban J connectivity index is 1.66. The molecule has 1 atom stereocenters. The van der Waals surface area contributed by atoms with Gasteiger partial charge in [-0.15, -0.1) is 10.2 Å². The summed E-state index contributed by atoms with van der Waals surface area (Å²) in [5, 5.41) is 12.3. The van der Waals surface area contributed by atoms with Crippen molar-refractivity contribution in [1.82, 2.24) is 20.1 Å². The summed E-state index contributed by atoms with van der Waals surface area (Å²) in [5.74, 6) is 1.16. The molecule has 5 nitrogen and oxygen atoms in total. The second kappa shape index (κ2) is 8.67. The molecule has 0 spiro atoms. The Labute approximate surface area is 157 Å². The number of thioether (sulfide) groups is 1. The molecule has 2 aromatic carbocycles. The molecular formula is C20H22N4OS. The number of nitrogens with zero attached hydrogens (tertiary/aromatic N) is 3. The Morgan fingerprint density at radius 1 is 1.08 bits per heavy atom. The molecule has 1 N–H and O–H groups in total. The van der Waals surface area contributed by atoms with Gasteiger partial charge < -0.3 is 5.32 Å². The van der Waals surface area contributed by atoms with Gasteiger partial charge in [0.25, 0.3) is 0 Å². The molecule has 0 bridgehead atoms. The zero-order valence-corrected chi connectivity index (χ0v) is 15.7. The zero-order valence-electron chi connectivity index (χ0n) is 14.9. The maximum atomic E-state index is 12.3. The van der Waals surface area contributed by atoms with Gasteiger partial charge in [0.05, 0.1) is 11.8 Å². The molecular weight excluding hydrogens is 344 g/mol. The summed E-state index contributed by atoms with van der Waals surface area (Å²) >= 11 is 1.40. The van der Waals surface area contributed by atoms with Crippen LogP contribution < -0.4 is 5.32 Å². The van der Waals surface area contributed by atoms with E-state index in [4.69, 9.17) is 0 Å². The minimum absolute atomic E-state index is 0.0213. The van der Waals surface area contributed by atoms with Crippen molar-refractivity contribution < 1.29 is 4.79 Å². The number of nitrogens with one attached hydrogen (secondary N) is 1. The van der Waals surface area contributed by atoms with Crippen molar-refractivity contribution in [2.45, 2.75) is 31.5 Å². The van der Waals surface area contributed by atoms with Crippen molar-refractivity contribution in [1.29, 1.82) is 0 Å². The minimum Gasteiger partial charge on any atom is -0.349 e. The maximum absolute atomic E-state index is 12.3. The number of aryl methyl sites for hydroxylation is 1. The Bertz CT molecular complexity index is 849. The van der Waals surface area contributed by atoms with Gasteiger partial charge in [0.2, 0.25) is 5.91 Å². The van der Waals surface area contributed by atoms with Crippen LogP contribution in [0.3, 0.4) is 0 Å². The second-order valence-corrected chi connectivity index (χ2v) is 6.85. The summed E-state index contributed by atoms with van der Waals surface area (Å²) in [7, 11) is 0. The van der Waals surface area contributed by atoms with E-state index < -0.39 is 0 Å². The molecule has 3 aromatic rings. The van der Waals surface area contributed by atoms with Crippen LogP contribution in [0.4, 0.5) is 0 Å². The highest BCUT2D eigenvalue weighted by molar-refractivity contribution is 7.99. The third-order valence-corrected chi connectivity index (χ3v) is 4.97. The lowest BCUT2D eigenvalue weighted by Gasteiger charge is -2.14. The van der Waals surface area contributed by atoms with Crippen molar-refractivity contribution in [2.75, 3.05) is 5.75 Å². The van der Waals surface area contributed by atoms with Gasteiger partial charge >= 0.3 is 0 Å². The molecule has 0 radical (unpaired) electrons. The molecule has 0 saturated heterocycles. The van der Waals surface area contributed by atoms with E-state index in [1.54, 1.807) is 0 Å². The molecule has 0 aliphatic carbocycles. The summed E-state index contributed by atoms with van der Waals surface area (Å²) in [5.41, 5.74) is 2.10. The fourth-order valence-electron chi connectivity index (χ4n) is 2.70. The minimum atomic E-state index is -0.0255. The number of para-hydroxylation sites is 1. The average Bonchev–Trinajstić information content (AvgIpc) is 3.10. The first-order chi connectivity index (χ1) is 12.7. The highest BCUT2D eigenvalue weighted by Gasteiger charge is 2.15. The Morgan fingerprint density at radius 2 is 1.73 bits per heavy atom. The molecule has 6 heteroatoms. The fourth-order valence-corrected chi connectivity index (χ4v) is 3.48. The van der Waals surface area contributed by atoms with E-state index in [1.165, 1.54) is 11.8 Å². The maximum Gasteiger partial charge on any atom is 0.230 e. The molecule has 0 saturated carbocycles. The largest absolute Gasteiger partial charge is 0.349 e. The third-order valence-electron chi connectivity index (χ3n) is 4.04. The lowest BCUT2D eigenvalue weighted by molar-refractivity contribution is -0.119. The molecule has 1 amide bonds. The van der Waals surface area contributed by atoms with E-state index in [9.17, 15) is 4.79 Å². The van der Waals surface area contributed by atoms with E-state index >= 15 is 0 Å². The number of carbonyl (C=O) groups is 1. The summed E-state index contributed by atoms with van der Waals surface area (Å²) in [6.07, 6.45) is 0.777. The SMILES string of the molecule is CCc1nnc(SCC(=O)NC(C)c2ccccc2)n1-c1ccccc1. The number of hydrogen-bond donors (Lipinski definition) is 1. The van der Waals surface area contributed by atoms with Crippen LogP contribution in [0.2, 0.25) is 0 Å². The van der Waals surface area contributed by atoms with Crippen molar-refractivity contribution in [2.24, 2.45) is 0 Å². The third kappa shape index (κ3) is 4.32. The smallest absolute Gasteiger partial charge is 0.230 e. The molecule has 0 aliphatic rings. The zero-order chi connectivity index (χ0) is 18.4. The number of hydrogen-bond acceptors (Lipinski definition) is 4. The fraction of sp³-hybridized carbons (Fsp3) is 0.250. The highest BCUT2D eigenvalue weighted by Crippen LogP contribution is 2.22. The van der Waals surface area contributed by atoms with Crippen molar-refractivity contribution >= 4 is 17.7 Å². The van der Waals surface area contributed by atoms with E-state index in [2.05, 4.69) is 15.5 Å². The Kier molecular flexibility index (Phi) is 6.07. The Hall–Kier alpha value is -2.60. The first kappa shape index (κ1) is 18.2. The van der Waals surface area contributed by atoms with Crippen LogP contribution in [0.1, 0.15) is 31.3 Å². The number of amides is 1. The van der Waals surface area contributed by atoms with E-state index in [-0.39, 0.29) is 11.9 Å². The lowest BCUT2D eigenvalue weighted by atomic mass is 10.1. The summed E-state index contributed by atoms with van der Waals surface area (Å²) in [4.78, 5) is 12.3. The highest BCUT2D eigenvalue weighted by atomic mass is 32.2. The lowest BCUT2D eigenvalue weighted by Crippen LogP contribution is -2.28. The van der Waals surface area contributed by atoms with E-state index in [0.29, 0.717) is 5.75 Å². The number of benzene rings is 2. The monoisotopic (exact) mass is 366 g/mol. The Morgan fingerprint density at radius 3 is 2.38 bits per heavy atom. The predicted molar refractivity (Wildman–Crippen MR) is 104 cm³/mol. The number of aromatic nitrogens is 3. The molecule has 0 aliphatic heterocycles. The van der Waals surface area contributed by atoms with Crippen LogP contribution in [0.25, 0.3) is 5.69 Å². The van der Waals surface area contributed by atoms with Gasteiger partial charge in [0.1, 0.15) is 5.82 Å². The predicted octanol–water partition coefficient (Wildman–Crippen LogP) is 3.80. The molecule has 26 heavy (non-hydrogen) atoms. The average molecular weight is 366 g/mol. The molecule has 134 valence electrons. The van der Waals surface area contributed by atoms with Crippen LogP contribution in [0, 0.1) is 0 Å². The first-order valence-corrected chi connectivity index (χ1v) is 9.64. The van der Waals surface area contributed by atoms with Crippen molar-refractivity contribution in [3.05, 3.63) is 72.1 Å². The summed E-state index contributed by atoms with van der Waals surface area (Å²) in [6.45, 7) is 4.03. The number of rotatable bonds is 7. The van der Waals surface area contributed by atoms with Gasteiger partial charge in [-0.1, -0.05) is 67.2 Å². The van der Waals surface area contributed by atoms with Crippen LogP contribution in [-0.2, 0) is 11.2 Å². The van der Waals surface area contributed by atoms with Gasteiger partial charge in [0.15, 0.2) is 5.16 Å². The standard InChI is InChI=1S/C20H22N4OS/c1-3-18-22-23-20(24(18)17-12-8-5-9-13-17)26-14-19(25)21-15(2)16-10-6-4-7-11-16/h4-13,15H,3,14H2,1-2H3,(H,21,25). The summed E-state index contributed by atoms with van der Waals surface area (Å²) < 4.78 is 2.01. The second-order valence-electron chi connectivity index (χ2n) is 5.91. The van der Waals surface area contributed by atoms with Crippen molar-refractivity contribution in [3.8, 4) is 5.69 Å². The van der Waals surface area contributed by atoms with E-state index in [1.807, 2.05) is 79.1 Å². The van der Waals surface area contributed by atoms with Gasteiger partial charge in [-0.25, -0.2) is 0 Å². The summed E-state index contributed by atoms with van der Waals surface area (Å²) in [6, 6.07) is 19.9. The molecule has 0 fully saturated rings. The molecule has 1 heterocycles. The quantitative estimate of drug-likeness (QED) is 0.646. The van der Waals surface area contributed by atoms with Crippen LogP contribution >= 0.6 is 11.8 Å². The van der Waals surface area contributed by atoms with Crippen LogP contribution in [0.15, 0.2) is 65.8 Å². The van der Waals surface area contributed by atoms with Gasteiger partial charge in [-0.05, 0) is 24.6 Å². The first-order valence-electron chi connectivity index (χ1n) is 8.66. The number of carbonyl (C=O) groups excluding carboxylic acids is 1. The topological polar surface area (TPSA) is 59.8 Å². The molecule has 1 aromatic heterocycles. The van der Waals surface area contributed by atoms with E-state index in [0.717, 1.165) is 28.7 Å². The molecule has 3 rings (SSSR count). The van der Waals surface area contributed by atoms with Gasteiger partial charge in [-0.2, -0.15) is 0 Å². The van der Waals surface area contributed by atoms with Crippen molar-refractivity contribution in [3.63, 3.8) is 0 Å². The molecule has 1 unspecified atom stereocenters. The van der Waals surface area contributed by atoms with Gasteiger partial charge in [-0.3, -0.25) is 9.36 Å².